The number of anilines is 1. The Bertz CT molecular complexity index is 777. The Labute approximate surface area is 141 Å². The van der Waals surface area contributed by atoms with Crippen LogP contribution in [0.2, 0.25) is 0 Å². The van der Waals surface area contributed by atoms with Crippen LogP contribution < -0.4 is 10.6 Å². The number of hydrogen-bond acceptors (Lipinski definition) is 2. The highest BCUT2D eigenvalue weighted by atomic mass is 16.2. The van der Waals surface area contributed by atoms with Gasteiger partial charge in [0.1, 0.15) is 0 Å². The number of urea groups is 1. The van der Waals surface area contributed by atoms with Crippen LogP contribution in [0.4, 0.5) is 10.5 Å². The smallest absolute Gasteiger partial charge is 0.319 e. The molecule has 0 bridgehead atoms. The van der Waals surface area contributed by atoms with Gasteiger partial charge in [0.15, 0.2) is 0 Å². The van der Waals surface area contributed by atoms with Gasteiger partial charge in [-0.25, -0.2) is 9.48 Å². The van der Waals surface area contributed by atoms with Crippen LogP contribution in [0, 0.1) is 6.92 Å². The summed E-state index contributed by atoms with van der Waals surface area (Å²) in [6.07, 6.45) is 4.44. The summed E-state index contributed by atoms with van der Waals surface area (Å²) in [6.45, 7) is 2.60. The Kier molecular flexibility index (Phi) is 4.91. The van der Waals surface area contributed by atoms with Gasteiger partial charge in [-0.3, -0.25) is 0 Å². The SMILES string of the molecule is Cc1ccc(NC(=O)NCCc2ccc(-n3cccn3)cc2)cc1. The van der Waals surface area contributed by atoms with Gasteiger partial charge < -0.3 is 10.6 Å². The molecular weight excluding hydrogens is 300 g/mol. The molecule has 0 aliphatic carbocycles. The summed E-state index contributed by atoms with van der Waals surface area (Å²) >= 11 is 0. The van der Waals surface area contributed by atoms with Gasteiger partial charge in [-0.15, -0.1) is 0 Å². The van der Waals surface area contributed by atoms with E-state index in [1.807, 2.05) is 60.3 Å². The van der Waals surface area contributed by atoms with Gasteiger partial charge in [-0.2, -0.15) is 5.10 Å². The molecule has 1 heterocycles. The summed E-state index contributed by atoms with van der Waals surface area (Å²) in [5, 5.41) is 9.89. The van der Waals surface area contributed by atoms with E-state index in [0.29, 0.717) is 6.54 Å². The van der Waals surface area contributed by atoms with E-state index in [1.54, 1.807) is 6.20 Å². The largest absolute Gasteiger partial charge is 0.338 e. The van der Waals surface area contributed by atoms with Gasteiger partial charge >= 0.3 is 6.03 Å². The van der Waals surface area contributed by atoms with Crippen molar-refractivity contribution >= 4 is 11.7 Å². The van der Waals surface area contributed by atoms with Crippen LogP contribution in [0.25, 0.3) is 5.69 Å². The maximum atomic E-state index is 11.9. The number of benzene rings is 2. The molecule has 0 fully saturated rings. The Morgan fingerprint density at radius 3 is 2.50 bits per heavy atom. The van der Waals surface area contributed by atoms with E-state index in [-0.39, 0.29) is 6.03 Å². The standard InChI is InChI=1S/C19H20N4O/c1-15-3-7-17(8-4-15)22-19(24)20-13-11-16-5-9-18(10-6-16)23-14-2-12-21-23/h2-10,12,14H,11,13H2,1H3,(H2,20,22,24). The summed E-state index contributed by atoms with van der Waals surface area (Å²) < 4.78 is 1.82. The van der Waals surface area contributed by atoms with E-state index in [9.17, 15) is 4.79 Å². The van der Waals surface area contributed by atoms with Crippen LogP contribution in [0.5, 0.6) is 0 Å². The molecular formula is C19H20N4O. The van der Waals surface area contributed by atoms with Gasteiger partial charge in [0.2, 0.25) is 0 Å². The minimum Gasteiger partial charge on any atom is -0.338 e. The minimum absolute atomic E-state index is 0.188. The fraction of sp³-hybridized carbons (Fsp3) is 0.158. The van der Waals surface area contributed by atoms with Gasteiger partial charge in [0.25, 0.3) is 0 Å². The van der Waals surface area contributed by atoms with Gasteiger partial charge in [0, 0.05) is 24.6 Å². The third-order valence-corrected chi connectivity index (χ3v) is 3.71. The number of nitrogens with zero attached hydrogens (tertiary/aromatic N) is 2. The number of carbonyl (C=O) groups is 1. The zero-order valence-corrected chi connectivity index (χ0v) is 13.6. The fourth-order valence-corrected chi connectivity index (χ4v) is 2.37. The average molecular weight is 320 g/mol. The van der Waals surface area contributed by atoms with Crippen molar-refractivity contribution in [3.05, 3.63) is 78.1 Å². The minimum atomic E-state index is -0.188. The molecule has 2 aromatic carbocycles. The molecule has 3 rings (SSSR count). The third-order valence-electron chi connectivity index (χ3n) is 3.71. The molecule has 2 amide bonds. The fourth-order valence-electron chi connectivity index (χ4n) is 2.37. The van der Waals surface area contributed by atoms with Crippen LogP contribution in [0.3, 0.4) is 0 Å². The highest BCUT2D eigenvalue weighted by Gasteiger charge is 2.02. The van der Waals surface area contributed by atoms with Crippen LogP contribution in [-0.4, -0.2) is 22.4 Å². The zero-order chi connectivity index (χ0) is 16.8. The van der Waals surface area contributed by atoms with Crippen molar-refractivity contribution in [2.45, 2.75) is 13.3 Å². The number of aryl methyl sites for hydroxylation is 1. The number of hydrogen-bond donors (Lipinski definition) is 2. The lowest BCUT2D eigenvalue weighted by molar-refractivity contribution is 0.252. The molecule has 24 heavy (non-hydrogen) atoms. The van der Waals surface area contributed by atoms with Gasteiger partial charge in [0.05, 0.1) is 5.69 Å². The van der Waals surface area contributed by atoms with Gasteiger partial charge in [-0.05, 0) is 49.2 Å². The van der Waals surface area contributed by atoms with E-state index in [0.717, 1.165) is 17.8 Å². The van der Waals surface area contributed by atoms with Crippen molar-refractivity contribution in [1.29, 1.82) is 0 Å². The Morgan fingerprint density at radius 2 is 1.83 bits per heavy atom. The molecule has 1 aromatic heterocycles. The monoisotopic (exact) mass is 320 g/mol. The van der Waals surface area contributed by atoms with E-state index in [1.165, 1.54) is 11.1 Å². The maximum absolute atomic E-state index is 11.9. The second-order valence-corrected chi connectivity index (χ2v) is 5.61. The lowest BCUT2D eigenvalue weighted by Crippen LogP contribution is -2.30. The number of rotatable bonds is 5. The average Bonchev–Trinajstić information content (AvgIpc) is 3.12. The lowest BCUT2D eigenvalue weighted by Gasteiger charge is -2.08. The van der Waals surface area contributed by atoms with Crippen LogP contribution >= 0.6 is 0 Å². The Hall–Kier alpha value is -3.08. The molecule has 5 heteroatoms. The van der Waals surface area contributed by atoms with E-state index >= 15 is 0 Å². The number of amides is 2. The molecule has 0 saturated carbocycles. The molecule has 0 aliphatic rings. The summed E-state index contributed by atoms with van der Waals surface area (Å²) in [5.41, 5.74) is 4.15. The van der Waals surface area contributed by atoms with Crippen molar-refractivity contribution < 1.29 is 4.79 Å². The highest BCUT2D eigenvalue weighted by molar-refractivity contribution is 5.89. The number of aromatic nitrogens is 2. The normalized spacial score (nSPS) is 10.4. The summed E-state index contributed by atoms with van der Waals surface area (Å²) in [5.74, 6) is 0. The first-order valence-electron chi connectivity index (χ1n) is 7.91. The summed E-state index contributed by atoms with van der Waals surface area (Å²) in [7, 11) is 0. The molecule has 0 atom stereocenters. The molecule has 0 radical (unpaired) electrons. The van der Waals surface area contributed by atoms with Crippen molar-refractivity contribution in [1.82, 2.24) is 15.1 Å². The molecule has 0 saturated heterocycles. The number of carbonyl (C=O) groups excluding carboxylic acids is 1. The molecule has 2 N–H and O–H groups in total. The predicted octanol–water partition coefficient (Wildman–Crippen LogP) is 3.54. The first-order valence-corrected chi connectivity index (χ1v) is 7.91. The quantitative estimate of drug-likeness (QED) is 0.755. The first kappa shape index (κ1) is 15.8. The molecule has 0 aliphatic heterocycles. The first-order chi connectivity index (χ1) is 11.7. The molecule has 122 valence electrons. The van der Waals surface area contributed by atoms with Crippen molar-refractivity contribution in [2.24, 2.45) is 0 Å². The second-order valence-electron chi connectivity index (χ2n) is 5.61. The second kappa shape index (κ2) is 7.46. The topological polar surface area (TPSA) is 59.0 Å². The predicted molar refractivity (Wildman–Crippen MR) is 95.5 cm³/mol. The van der Waals surface area contributed by atoms with Crippen LogP contribution in [-0.2, 0) is 6.42 Å². The zero-order valence-electron chi connectivity index (χ0n) is 13.6. The number of nitrogens with one attached hydrogen (secondary N) is 2. The van der Waals surface area contributed by atoms with Crippen molar-refractivity contribution in [3.63, 3.8) is 0 Å². The Balaban J connectivity index is 1.46. The van der Waals surface area contributed by atoms with E-state index in [4.69, 9.17) is 0 Å². The van der Waals surface area contributed by atoms with Crippen LogP contribution in [0.1, 0.15) is 11.1 Å². The van der Waals surface area contributed by atoms with Gasteiger partial charge in [-0.1, -0.05) is 29.8 Å². The Morgan fingerprint density at radius 1 is 1.08 bits per heavy atom. The molecule has 3 aromatic rings. The third kappa shape index (κ3) is 4.23. The maximum Gasteiger partial charge on any atom is 0.319 e. The molecule has 5 nitrogen and oxygen atoms in total. The molecule has 0 spiro atoms. The van der Waals surface area contributed by atoms with E-state index in [2.05, 4.69) is 27.9 Å². The lowest BCUT2D eigenvalue weighted by atomic mass is 10.1. The summed E-state index contributed by atoms with van der Waals surface area (Å²) in [4.78, 5) is 11.9. The van der Waals surface area contributed by atoms with E-state index < -0.39 is 0 Å². The summed E-state index contributed by atoms with van der Waals surface area (Å²) in [6, 6.07) is 17.6. The highest BCUT2D eigenvalue weighted by Crippen LogP contribution is 2.10. The van der Waals surface area contributed by atoms with Crippen molar-refractivity contribution in [2.75, 3.05) is 11.9 Å². The van der Waals surface area contributed by atoms with Crippen molar-refractivity contribution in [3.8, 4) is 5.69 Å². The molecule has 0 unspecified atom stereocenters. The van der Waals surface area contributed by atoms with Crippen LogP contribution in [0.15, 0.2) is 67.0 Å².